The number of hydrogen-bond donors (Lipinski definition) is 0. The van der Waals surface area contributed by atoms with E-state index >= 15 is 0 Å². The fourth-order valence-corrected chi connectivity index (χ4v) is 1.95. The highest BCUT2D eigenvalue weighted by Gasteiger charge is 2.08. The zero-order chi connectivity index (χ0) is 15.9. The summed E-state index contributed by atoms with van der Waals surface area (Å²) in [5.74, 6) is 0.373. The van der Waals surface area contributed by atoms with Gasteiger partial charge in [0.25, 0.3) is 0 Å². The highest BCUT2D eigenvalue weighted by molar-refractivity contribution is 6.30. The monoisotopic (exact) mass is 318 g/mol. The third-order valence-corrected chi connectivity index (χ3v) is 3.12. The molecule has 0 aliphatic carbocycles. The smallest absolute Gasteiger partial charge is 0.349 e. The fraction of sp³-hybridized carbons (Fsp3) is 0.176. The molecule has 0 fully saturated rings. The van der Waals surface area contributed by atoms with Crippen LogP contribution in [0.25, 0.3) is 0 Å². The van der Waals surface area contributed by atoms with Gasteiger partial charge in [0.1, 0.15) is 11.5 Å². The number of halogens is 1. The molecule has 0 aromatic heterocycles. The molecule has 22 heavy (non-hydrogen) atoms. The lowest BCUT2D eigenvalue weighted by Crippen LogP contribution is -2.17. The summed E-state index contributed by atoms with van der Waals surface area (Å²) in [5, 5.41) is 0.530. The van der Waals surface area contributed by atoms with Gasteiger partial charge in [-0.1, -0.05) is 24.6 Å². The predicted octanol–water partition coefficient (Wildman–Crippen LogP) is 3.92. The maximum Gasteiger partial charge on any atom is 0.349 e. The van der Waals surface area contributed by atoms with Crippen LogP contribution in [0.2, 0.25) is 5.02 Å². The molecule has 0 aliphatic rings. The Bertz CT molecular complexity index is 665. The van der Waals surface area contributed by atoms with Gasteiger partial charge in [0.05, 0.1) is 0 Å². The van der Waals surface area contributed by atoms with E-state index in [-0.39, 0.29) is 12.4 Å². The van der Waals surface area contributed by atoms with Gasteiger partial charge in [-0.15, -0.1) is 0 Å². The van der Waals surface area contributed by atoms with Crippen molar-refractivity contribution in [3.8, 4) is 11.5 Å². The molecular weight excluding hydrogens is 304 g/mol. The molecular formula is C17H15ClO4. The van der Waals surface area contributed by atoms with Crippen LogP contribution in [0.3, 0.4) is 0 Å². The van der Waals surface area contributed by atoms with Crippen LogP contribution in [-0.2, 0) is 4.79 Å². The number of carbonyl (C=O) groups excluding carboxylic acids is 2. The summed E-state index contributed by atoms with van der Waals surface area (Å²) in [7, 11) is 0. The Balaban J connectivity index is 1.88. The van der Waals surface area contributed by atoms with Crippen LogP contribution >= 0.6 is 11.6 Å². The highest BCUT2D eigenvalue weighted by atomic mass is 35.5. The van der Waals surface area contributed by atoms with E-state index in [1.807, 2.05) is 0 Å². The quantitative estimate of drug-likeness (QED) is 0.460. The van der Waals surface area contributed by atoms with Gasteiger partial charge in [-0.2, -0.15) is 0 Å². The average molecular weight is 319 g/mol. The first-order valence-electron chi connectivity index (χ1n) is 6.81. The van der Waals surface area contributed by atoms with E-state index in [0.29, 0.717) is 28.5 Å². The second kappa shape index (κ2) is 7.61. The molecule has 0 unspecified atom stereocenters. The molecule has 0 N–H and O–H groups in total. The summed E-state index contributed by atoms with van der Waals surface area (Å²) in [6.07, 6.45) is 0.437. The number of esters is 1. The topological polar surface area (TPSA) is 52.6 Å². The first-order valence-corrected chi connectivity index (χ1v) is 7.18. The lowest BCUT2D eigenvalue weighted by Gasteiger charge is -2.07. The van der Waals surface area contributed by atoms with Crippen molar-refractivity contribution in [2.45, 2.75) is 13.3 Å². The Labute approximate surface area is 133 Å². The second-order valence-corrected chi connectivity index (χ2v) is 4.96. The maximum absolute atomic E-state index is 11.7. The van der Waals surface area contributed by atoms with Crippen LogP contribution in [0.1, 0.15) is 23.7 Å². The first kappa shape index (κ1) is 16.0. The van der Waals surface area contributed by atoms with Crippen LogP contribution in [0.4, 0.5) is 0 Å². The SMILES string of the molecule is CCC(=O)c1ccc(OC(=O)COc2cccc(Cl)c2)cc1. The van der Waals surface area contributed by atoms with Gasteiger partial charge in [-0.25, -0.2) is 4.79 Å². The summed E-state index contributed by atoms with van der Waals surface area (Å²) >= 11 is 5.82. The summed E-state index contributed by atoms with van der Waals surface area (Å²) in [5.41, 5.74) is 0.595. The molecule has 0 atom stereocenters. The van der Waals surface area contributed by atoms with Gasteiger partial charge in [0.15, 0.2) is 12.4 Å². The molecule has 0 bridgehead atoms. The van der Waals surface area contributed by atoms with Gasteiger partial charge < -0.3 is 9.47 Å². The number of hydrogen-bond acceptors (Lipinski definition) is 4. The maximum atomic E-state index is 11.7. The number of carbonyl (C=O) groups is 2. The van der Waals surface area contributed by atoms with E-state index in [1.54, 1.807) is 55.5 Å². The lowest BCUT2D eigenvalue weighted by molar-refractivity contribution is -0.136. The van der Waals surface area contributed by atoms with Crippen LogP contribution in [-0.4, -0.2) is 18.4 Å². The Hall–Kier alpha value is -2.33. The molecule has 114 valence electrons. The summed E-state index contributed by atoms with van der Waals surface area (Å²) in [4.78, 5) is 23.2. The Morgan fingerprint density at radius 1 is 1.05 bits per heavy atom. The minimum absolute atomic E-state index is 0.0437. The molecule has 2 rings (SSSR count). The molecule has 4 nitrogen and oxygen atoms in total. The number of benzene rings is 2. The number of Topliss-reactive ketones (excluding diaryl/α,β-unsaturated/α-hetero) is 1. The summed E-state index contributed by atoms with van der Waals surface area (Å²) in [6, 6.07) is 13.2. The van der Waals surface area contributed by atoms with Crippen molar-refractivity contribution in [1.82, 2.24) is 0 Å². The Morgan fingerprint density at radius 3 is 2.41 bits per heavy atom. The van der Waals surface area contributed by atoms with E-state index in [9.17, 15) is 9.59 Å². The standard InChI is InChI=1S/C17H15ClO4/c1-2-16(19)12-6-8-14(9-7-12)22-17(20)11-21-15-5-3-4-13(18)10-15/h3-10H,2,11H2,1H3. The second-order valence-electron chi connectivity index (χ2n) is 4.52. The molecule has 2 aromatic carbocycles. The van der Waals surface area contributed by atoms with E-state index < -0.39 is 5.97 Å². The van der Waals surface area contributed by atoms with Gasteiger partial charge in [-0.05, 0) is 42.5 Å². The van der Waals surface area contributed by atoms with Crippen LogP contribution in [0.5, 0.6) is 11.5 Å². The molecule has 0 amide bonds. The largest absolute Gasteiger partial charge is 0.482 e. The van der Waals surface area contributed by atoms with Crippen molar-refractivity contribution >= 4 is 23.4 Å². The Morgan fingerprint density at radius 2 is 1.77 bits per heavy atom. The molecule has 0 saturated carbocycles. The molecule has 5 heteroatoms. The van der Waals surface area contributed by atoms with Crippen molar-refractivity contribution in [2.75, 3.05) is 6.61 Å². The summed E-state index contributed by atoms with van der Waals surface area (Å²) < 4.78 is 10.4. The van der Waals surface area contributed by atoms with Crippen molar-refractivity contribution in [2.24, 2.45) is 0 Å². The zero-order valence-corrected chi connectivity index (χ0v) is 12.8. The molecule has 0 radical (unpaired) electrons. The average Bonchev–Trinajstić information content (AvgIpc) is 2.53. The molecule has 0 spiro atoms. The highest BCUT2D eigenvalue weighted by Crippen LogP contribution is 2.17. The predicted molar refractivity (Wildman–Crippen MR) is 83.6 cm³/mol. The molecule has 0 heterocycles. The minimum atomic E-state index is -0.533. The fourth-order valence-electron chi connectivity index (χ4n) is 1.77. The Kier molecular flexibility index (Phi) is 5.55. The van der Waals surface area contributed by atoms with E-state index in [4.69, 9.17) is 21.1 Å². The van der Waals surface area contributed by atoms with E-state index in [2.05, 4.69) is 0 Å². The van der Waals surface area contributed by atoms with Crippen LogP contribution < -0.4 is 9.47 Å². The molecule has 0 aliphatic heterocycles. The minimum Gasteiger partial charge on any atom is -0.482 e. The zero-order valence-electron chi connectivity index (χ0n) is 12.0. The van der Waals surface area contributed by atoms with E-state index in [0.717, 1.165) is 0 Å². The molecule has 2 aromatic rings. The summed E-state index contributed by atoms with van der Waals surface area (Å²) in [6.45, 7) is 1.57. The molecule has 0 saturated heterocycles. The normalized spacial score (nSPS) is 10.1. The van der Waals surface area contributed by atoms with Crippen molar-refractivity contribution in [1.29, 1.82) is 0 Å². The van der Waals surface area contributed by atoms with E-state index in [1.165, 1.54) is 0 Å². The van der Waals surface area contributed by atoms with Crippen molar-refractivity contribution < 1.29 is 19.1 Å². The number of ketones is 1. The third-order valence-electron chi connectivity index (χ3n) is 2.88. The van der Waals surface area contributed by atoms with Gasteiger partial charge in [0.2, 0.25) is 0 Å². The lowest BCUT2D eigenvalue weighted by atomic mass is 10.1. The van der Waals surface area contributed by atoms with Crippen molar-refractivity contribution in [3.63, 3.8) is 0 Å². The number of rotatable bonds is 6. The number of ether oxygens (including phenoxy) is 2. The third kappa shape index (κ3) is 4.60. The van der Waals surface area contributed by atoms with Crippen LogP contribution in [0, 0.1) is 0 Å². The van der Waals surface area contributed by atoms with Gasteiger partial charge in [0, 0.05) is 17.0 Å². The van der Waals surface area contributed by atoms with Crippen molar-refractivity contribution in [3.05, 3.63) is 59.1 Å². The van der Waals surface area contributed by atoms with Crippen LogP contribution in [0.15, 0.2) is 48.5 Å². The first-order chi connectivity index (χ1) is 10.6. The van der Waals surface area contributed by atoms with Gasteiger partial charge in [-0.3, -0.25) is 4.79 Å². The van der Waals surface area contributed by atoms with Gasteiger partial charge >= 0.3 is 5.97 Å².